The lowest BCUT2D eigenvalue weighted by atomic mass is 9.94. The highest BCUT2D eigenvalue weighted by Gasteiger charge is 2.59. The first-order valence-corrected chi connectivity index (χ1v) is 13.2. The van der Waals surface area contributed by atoms with E-state index in [-0.39, 0.29) is 16.4 Å². The Hall–Kier alpha value is -3.25. The molecule has 4 rings (SSSR count). The fourth-order valence-corrected chi connectivity index (χ4v) is 5.07. The molecule has 39 heavy (non-hydrogen) atoms. The van der Waals surface area contributed by atoms with Crippen LogP contribution in [0.2, 0.25) is 0 Å². The number of aliphatic hydroxyl groups excluding tert-OH is 2. The fourth-order valence-electron chi connectivity index (χ4n) is 3.35. The Morgan fingerprint density at radius 2 is 1.95 bits per heavy atom. The van der Waals surface area contributed by atoms with Gasteiger partial charge in [0.1, 0.15) is 17.7 Å². The van der Waals surface area contributed by atoms with Crippen molar-refractivity contribution in [1.82, 2.24) is 19.5 Å². The number of nitrogens with zero attached hydrogens (tertiary/aromatic N) is 4. The standard InChI is InChI=1S/C22H24F2N6O7S2/c1-21(2,3)11-6-25-13(37-11)9-38-14-7-26-19(39-14)29-17(34)16(33)27-12-4-5-30(20(35)28-12)18-22(23,24)15(32)10(8-31)36-18/h4-7,10,15,18,31-32H,8-9H2,1-3H3,(H,26,29,34)(H,27,28,33,35)/t10-,15-,18-/m1/s1. The first-order chi connectivity index (χ1) is 18.3. The largest absolute Gasteiger partial charge is 0.444 e. The number of rotatable bonds is 7. The van der Waals surface area contributed by atoms with E-state index in [9.17, 15) is 28.3 Å². The lowest BCUT2D eigenvalue weighted by Gasteiger charge is -2.21. The van der Waals surface area contributed by atoms with Crippen molar-refractivity contribution in [2.45, 2.75) is 60.5 Å². The number of aliphatic hydroxyl groups is 2. The van der Waals surface area contributed by atoms with Gasteiger partial charge >= 0.3 is 23.4 Å². The van der Waals surface area contributed by atoms with Crippen LogP contribution in [-0.4, -0.2) is 66.3 Å². The maximum absolute atomic E-state index is 14.3. The van der Waals surface area contributed by atoms with Gasteiger partial charge in [-0.3, -0.25) is 19.5 Å². The molecule has 1 aliphatic heterocycles. The Morgan fingerprint density at radius 3 is 2.56 bits per heavy atom. The van der Waals surface area contributed by atoms with Crippen molar-refractivity contribution in [2.75, 3.05) is 17.2 Å². The Bertz CT molecular complexity index is 1420. The lowest BCUT2D eigenvalue weighted by Crippen LogP contribution is -2.42. The van der Waals surface area contributed by atoms with E-state index in [1.807, 2.05) is 20.8 Å². The number of nitrogens with one attached hydrogen (secondary N) is 2. The molecule has 13 nitrogen and oxygen atoms in total. The van der Waals surface area contributed by atoms with Crippen molar-refractivity contribution in [3.8, 4) is 0 Å². The summed E-state index contributed by atoms with van der Waals surface area (Å²) in [4.78, 5) is 48.6. The lowest BCUT2D eigenvalue weighted by molar-refractivity contribution is -0.141. The summed E-state index contributed by atoms with van der Waals surface area (Å²) >= 11 is 2.49. The highest BCUT2D eigenvalue weighted by molar-refractivity contribution is 8.00. The number of hydrogen-bond donors (Lipinski definition) is 4. The van der Waals surface area contributed by atoms with E-state index >= 15 is 0 Å². The second kappa shape index (κ2) is 11.1. The topological polar surface area (TPSA) is 182 Å². The minimum Gasteiger partial charge on any atom is -0.444 e. The molecular formula is C22H24F2N6O7S2. The van der Waals surface area contributed by atoms with Crippen LogP contribution in [0.5, 0.6) is 0 Å². The third kappa shape index (κ3) is 6.33. The van der Waals surface area contributed by atoms with Gasteiger partial charge in [0, 0.05) is 11.6 Å². The molecule has 210 valence electrons. The summed E-state index contributed by atoms with van der Waals surface area (Å²) in [7, 11) is 0. The number of anilines is 2. The molecule has 0 aromatic carbocycles. The summed E-state index contributed by atoms with van der Waals surface area (Å²) in [5.41, 5.74) is -1.41. The van der Waals surface area contributed by atoms with Gasteiger partial charge in [-0.05, 0) is 6.07 Å². The summed E-state index contributed by atoms with van der Waals surface area (Å²) in [6.07, 6.45) is -2.12. The van der Waals surface area contributed by atoms with Gasteiger partial charge in [-0.1, -0.05) is 32.1 Å². The predicted molar refractivity (Wildman–Crippen MR) is 135 cm³/mol. The SMILES string of the molecule is CC(C)(C)c1cnc(CSc2cnc(NC(=O)C(=O)Nc3ccn([C@@H]4O[C@H](CO)[C@@H](O)C4(F)F)c(=O)n3)s2)o1. The van der Waals surface area contributed by atoms with Gasteiger partial charge in [0.2, 0.25) is 12.1 Å². The Kier molecular flexibility index (Phi) is 8.17. The van der Waals surface area contributed by atoms with Crippen molar-refractivity contribution in [3.05, 3.63) is 46.8 Å². The first-order valence-electron chi connectivity index (χ1n) is 11.4. The number of halogens is 2. The molecule has 3 atom stereocenters. The molecule has 3 aromatic heterocycles. The van der Waals surface area contributed by atoms with Crippen LogP contribution in [0.25, 0.3) is 0 Å². The van der Waals surface area contributed by atoms with Crippen LogP contribution in [0.4, 0.5) is 19.7 Å². The average Bonchev–Trinajstić information content (AvgIpc) is 3.57. The summed E-state index contributed by atoms with van der Waals surface area (Å²) in [5, 5.41) is 23.3. The molecule has 0 saturated carbocycles. The van der Waals surface area contributed by atoms with Crippen molar-refractivity contribution in [2.24, 2.45) is 0 Å². The van der Waals surface area contributed by atoms with Crippen LogP contribution >= 0.6 is 23.1 Å². The van der Waals surface area contributed by atoms with Crippen LogP contribution in [0, 0.1) is 0 Å². The van der Waals surface area contributed by atoms with Crippen LogP contribution in [0.3, 0.4) is 0 Å². The van der Waals surface area contributed by atoms with Crippen molar-refractivity contribution < 1.29 is 37.7 Å². The smallest absolute Gasteiger partial charge is 0.351 e. The van der Waals surface area contributed by atoms with Crippen molar-refractivity contribution in [1.29, 1.82) is 0 Å². The molecule has 0 unspecified atom stereocenters. The normalized spacial score (nSPS) is 20.6. The van der Waals surface area contributed by atoms with Crippen LogP contribution in [0.1, 0.15) is 38.7 Å². The number of ether oxygens (including phenoxy) is 1. The molecule has 0 aliphatic carbocycles. The quantitative estimate of drug-likeness (QED) is 0.234. The van der Waals surface area contributed by atoms with Gasteiger partial charge in [0.15, 0.2) is 11.2 Å². The third-order valence-corrected chi connectivity index (χ3v) is 7.52. The zero-order chi connectivity index (χ0) is 28.5. The molecule has 0 bridgehead atoms. The molecule has 4 N–H and O–H groups in total. The molecule has 1 saturated heterocycles. The molecule has 2 amide bonds. The van der Waals surface area contributed by atoms with Gasteiger partial charge in [0.25, 0.3) is 0 Å². The van der Waals surface area contributed by atoms with E-state index < -0.39 is 48.5 Å². The number of thioether (sulfide) groups is 1. The van der Waals surface area contributed by atoms with E-state index in [4.69, 9.17) is 14.3 Å². The highest BCUT2D eigenvalue weighted by atomic mass is 32.2. The number of amides is 2. The van der Waals surface area contributed by atoms with E-state index in [1.165, 1.54) is 18.0 Å². The van der Waals surface area contributed by atoms with Crippen LogP contribution < -0.4 is 16.3 Å². The van der Waals surface area contributed by atoms with Gasteiger partial charge in [0.05, 0.1) is 29.0 Å². The summed E-state index contributed by atoms with van der Waals surface area (Å²) in [6, 6.07) is 0.997. The number of alkyl halides is 2. The van der Waals surface area contributed by atoms with Crippen LogP contribution in [0.15, 0.2) is 38.1 Å². The minimum absolute atomic E-state index is 0.140. The van der Waals surface area contributed by atoms with Crippen molar-refractivity contribution in [3.63, 3.8) is 0 Å². The number of hydrogen-bond acceptors (Lipinski definition) is 12. The Morgan fingerprint density at radius 1 is 1.23 bits per heavy atom. The van der Waals surface area contributed by atoms with Gasteiger partial charge in [-0.15, -0.1) is 11.8 Å². The second-order valence-electron chi connectivity index (χ2n) is 9.38. The van der Waals surface area contributed by atoms with Gasteiger partial charge < -0.3 is 24.7 Å². The van der Waals surface area contributed by atoms with Crippen molar-refractivity contribution >= 4 is 45.9 Å². The molecule has 1 fully saturated rings. The molecule has 3 aromatic rings. The second-order valence-corrected chi connectivity index (χ2v) is 11.7. The maximum Gasteiger partial charge on any atom is 0.351 e. The van der Waals surface area contributed by atoms with E-state index in [2.05, 4.69) is 25.6 Å². The zero-order valence-electron chi connectivity index (χ0n) is 20.8. The molecule has 4 heterocycles. The number of carbonyl (C=O) groups excluding carboxylic acids is 2. The predicted octanol–water partition coefficient (Wildman–Crippen LogP) is 1.74. The maximum atomic E-state index is 14.3. The monoisotopic (exact) mass is 586 g/mol. The molecular weight excluding hydrogens is 562 g/mol. The summed E-state index contributed by atoms with van der Waals surface area (Å²) in [5.74, 6) is -4.84. The number of carbonyl (C=O) groups is 2. The van der Waals surface area contributed by atoms with Crippen LogP contribution in [-0.2, 0) is 25.5 Å². The fraction of sp³-hybridized carbons (Fsp3) is 0.455. The zero-order valence-corrected chi connectivity index (χ0v) is 22.4. The number of aromatic nitrogens is 4. The summed E-state index contributed by atoms with van der Waals surface area (Å²) < 4.78 is 40.4. The summed E-state index contributed by atoms with van der Waals surface area (Å²) in [6.45, 7) is 5.13. The molecule has 0 radical (unpaired) electrons. The van der Waals surface area contributed by atoms with Gasteiger partial charge in [-0.25, -0.2) is 14.8 Å². The molecule has 17 heteroatoms. The van der Waals surface area contributed by atoms with E-state index in [0.717, 1.165) is 33.6 Å². The average molecular weight is 587 g/mol. The van der Waals surface area contributed by atoms with Gasteiger partial charge in [-0.2, -0.15) is 13.8 Å². The Balaban J connectivity index is 1.33. The molecule has 0 spiro atoms. The highest BCUT2D eigenvalue weighted by Crippen LogP contribution is 2.42. The Labute approximate surface area is 227 Å². The minimum atomic E-state index is -3.89. The number of thiazole rings is 1. The van der Waals surface area contributed by atoms with E-state index in [1.54, 1.807) is 6.20 Å². The van der Waals surface area contributed by atoms with E-state index in [0.29, 0.717) is 16.2 Å². The number of oxazole rings is 1. The first kappa shape index (κ1) is 28.8. The molecule has 1 aliphatic rings. The third-order valence-electron chi connectivity index (χ3n) is 5.43.